The SMILES string of the molecule is Cc1ccsc1C(CNC1CCN(C(=O)c2cccnc2)CC1)N(C)C. The van der Waals surface area contributed by atoms with Crippen molar-refractivity contribution in [3.63, 3.8) is 0 Å². The summed E-state index contributed by atoms with van der Waals surface area (Å²) in [5, 5.41) is 5.90. The van der Waals surface area contributed by atoms with Gasteiger partial charge in [0, 0.05) is 42.9 Å². The van der Waals surface area contributed by atoms with Crippen molar-refractivity contribution in [1.82, 2.24) is 20.1 Å². The van der Waals surface area contributed by atoms with E-state index in [9.17, 15) is 4.79 Å². The molecule has 0 spiro atoms. The molecule has 0 saturated carbocycles. The number of rotatable bonds is 6. The fourth-order valence-corrected chi connectivity index (χ4v) is 4.60. The molecule has 2 aromatic rings. The second-order valence-corrected chi connectivity index (χ2v) is 8.11. The Balaban J connectivity index is 1.51. The van der Waals surface area contributed by atoms with Crippen LogP contribution in [0.5, 0.6) is 0 Å². The van der Waals surface area contributed by atoms with Gasteiger partial charge >= 0.3 is 0 Å². The number of pyridine rings is 1. The highest BCUT2D eigenvalue weighted by Crippen LogP contribution is 2.27. The number of aryl methyl sites for hydroxylation is 1. The van der Waals surface area contributed by atoms with E-state index in [1.165, 1.54) is 10.4 Å². The minimum Gasteiger partial charge on any atom is -0.338 e. The summed E-state index contributed by atoms with van der Waals surface area (Å²) in [6.45, 7) is 4.73. The van der Waals surface area contributed by atoms with E-state index in [2.05, 4.69) is 47.7 Å². The van der Waals surface area contributed by atoms with E-state index >= 15 is 0 Å². The van der Waals surface area contributed by atoms with Gasteiger partial charge in [0.1, 0.15) is 0 Å². The topological polar surface area (TPSA) is 48.5 Å². The number of aromatic nitrogens is 1. The van der Waals surface area contributed by atoms with Crippen molar-refractivity contribution >= 4 is 17.2 Å². The fraction of sp³-hybridized carbons (Fsp3) is 0.500. The summed E-state index contributed by atoms with van der Waals surface area (Å²) in [6.07, 6.45) is 5.34. The van der Waals surface area contributed by atoms with E-state index in [4.69, 9.17) is 0 Å². The number of carbonyl (C=O) groups is 1. The van der Waals surface area contributed by atoms with Gasteiger partial charge in [-0.3, -0.25) is 9.78 Å². The first-order chi connectivity index (χ1) is 12.6. The average molecular weight is 373 g/mol. The number of amides is 1. The van der Waals surface area contributed by atoms with E-state index in [1.54, 1.807) is 12.4 Å². The molecule has 3 heterocycles. The molecule has 1 aliphatic rings. The molecule has 3 rings (SSSR count). The second kappa shape index (κ2) is 8.75. The third kappa shape index (κ3) is 4.50. The van der Waals surface area contributed by atoms with Crippen LogP contribution in [-0.2, 0) is 0 Å². The van der Waals surface area contributed by atoms with Crippen LogP contribution in [0.15, 0.2) is 36.0 Å². The van der Waals surface area contributed by atoms with Crippen LogP contribution in [0.4, 0.5) is 0 Å². The molecule has 0 bridgehead atoms. The molecule has 0 radical (unpaired) electrons. The standard InChI is InChI=1S/C20H28N4OS/c1-15-8-12-26-19(15)18(23(2)3)14-22-17-6-10-24(11-7-17)20(25)16-5-4-9-21-13-16/h4-5,8-9,12-13,17-18,22H,6-7,10-11,14H2,1-3H3. The third-order valence-electron chi connectivity index (χ3n) is 5.12. The first-order valence-electron chi connectivity index (χ1n) is 9.19. The summed E-state index contributed by atoms with van der Waals surface area (Å²) < 4.78 is 0. The Morgan fingerprint density at radius 3 is 2.73 bits per heavy atom. The highest BCUT2D eigenvalue weighted by Gasteiger charge is 2.25. The summed E-state index contributed by atoms with van der Waals surface area (Å²) in [5.74, 6) is 0.0944. The minimum atomic E-state index is 0.0944. The number of hydrogen-bond donors (Lipinski definition) is 1. The van der Waals surface area contributed by atoms with Gasteiger partial charge in [0.05, 0.1) is 11.6 Å². The molecule has 1 fully saturated rings. The van der Waals surface area contributed by atoms with Crippen molar-refractivity contribution in [3.05, 3.63) is 52.0 Å². The number of piperidine rings is 1. The lowest BCUT2D eigenvalue weighted by molar-refractivity contribution is 0.0702. The molecule has 5 nitrogen and oxygen atoms in total. The van der Waals surface area contributed by atoms with E-state index in [0.717, 1.165) is 32.5 Å². The molecule has 6 heteroatoms. The van der Waals surface area contributed by atoms with Gasteiger partial charge in [0.25, 0.3) is 5.91 Å². The molecule has 1 atom stereocenters. The Labute approximate surface area is 160 Å². The monoisotopic (exact) mass is 372 g/mol. The Morgan fingerprint density at radius 2 is 2.15 bits per heavy atom. The number of nitrogens with one attached hydrogen (secondary N) is 1. The zero-order valence-corrected chi connectivity index (χ0v) is 16.6. The number of likely N-dealkylation sites (N-methyl/N-ethyl adjacent to an activating group) is 1. The quantitative estimate of drug-likeness (QED) is 0.847. The van der Waals surface area contributed by atoms with Crippen molar-refractivity contribution in [1.29, 1.82) is 0 Å². The predicted molar refractivity (Wildman–Crippen MR) is 107 cm³/mol. The van der Waals surface area contributed by atoms with Gasteiger partial charge in [0.2, 0.25) is 0 Å². The van der Waals surface area contributed by atoms with Crippen LogP contribution < -0.4 is 5.32 Å². The number of thiophene rings is 1. The normalized spacial score (nSPS) is 16.8. The molecule has 2 aromatic heterocycles. The van der Waals surface area contributed by atoms with E-state index in [1.807, 2.05) is 28.4 Å². The summed E-state index contributed by atoms with van der Waals surface area (Å²) in [7, 11) is 4.28. The Morgan fingerprint density at radius 1 is 1.38 bits per heavy atom. The van der Waals surface area contributed by atoms with Gasteiger partial charge in [-0.15, -0.1) is 11.3 Å². The van der Waals surface area contributed by atoms with Crippen molar-refractivity contribution < 1.29 is 4.79 Å². The maximum absolute atomic E-state index is 12.5. The zero-order chi connectivity index (χ0) is 18.5. The van der Waals surface area contributed by atoms with Crippen LogP contribution in [-0.4, -0.2) is 60.5 Å². The number of nitrogens with zero attached hydrogens (tertiary/aromatic N) is 3. The minimum absolute atomic E-state index is 0.0944. The fourth-order valence-electron chi connectivity index (χ4n) is 3.47. The molecule has 0 aliphatic carbocycles. The van der Waals surface area contributed by atoms with Gasteiger partial charge in [0.15, 0.2) is 0 Å². The Kier molecular flexibility index (Phi) is 6.40. The Bertz CT molecular complexity index is 708. The van der Waals surface area contributed by atoms with E-state index in [0.29, 0.717) is 17.6 Å². The smallest absolute Gasteiger partial charge is 0.255 e. The summed E-state index contributed by atoms with van der Waals surface area (Å²) in [4.78, 5) is 22.2. The maximum atomic E-state index is 12.5. The van der Waals surface area contributed by atoms with E-state index < -0.39 is 0 Å². The molecular formula is C20H28N4OS. The lowest BCUT2D eigenvalue weighted by Crippen LogP contribution is -2.46. The lowest BCUT2D eigenvalue weighted by Gasteiger charge is -2.34. The highest BCUT2D eigenvalue weighted by molar-refractivity contribution is 7.10. The molecule has 1 unspecified atom stereocenters. The van der Waals surface area contributed by atoms with Crippen LogP contribution in [0, 0.1) is 6.92 Å². The molecule has 1 amide bonds. The predicted octanol–water partition coefficient (Wildman–Crippen LogP) is 2.95. The highest BCUT2D eigenvalue weighted by atomic mass is 32.1. The van der Waals surface area contributed by atoms with Crippen LogP contribution in [0.1, 0.15) is 39.7 Å². The summed E-state index contributed by atoms with van der Waals surface area (Å²) in [5.41, 5.74) is 2.05. The number of carbonyl (C=O) groups excluding carboxylic acids is 1. The lowest BCUT2D eigenvalue weighted by atomic mass is 10.0. The summed E-state index contributed by atoms with van der Waals surface area (Å²) in [6, 6.07) is 6.71. The largest absolute Gasteiger partial charge is 0.338 e. The molecular weight excluding hydrogens is 344 g/mol. The van der Waals surface area contributed by atoms with Crippen LogP contribution in [0.2, 0.25) is 0 Å². The Hall–Kier alpha value is -1.76. The van der Waals surface area contributed by atoms with Crippen molar-refractivity contribution in [2.75, 3.05) is 33.7 Å². The van der Waals surface area contributed by atoms with Crippen molar-refractivity contribution in [2.24, 2.45) is 0 Å². The van der Waals surface area contributed by atoms with Gasteiger partial charge in [-0.1, -0.05) is 0 Å². The van der Waals surface area contributed by atoms with Crippen LogP contribution in [0.3, 0.4) is 0 Å². The third-order valence-corrected chi connectivity index (χ3v) is 6.24. The molecule has 1 saturated heterocycles. The number of hydrogen-bond acceptors (Lipinski definition) is 5. The van der Waals surface area contributed by atoms with Gasteiger partial charge in [-0.25, -0.2) is 0 Å². The first kappa shape index (κ1) is 19.0. The molecule has 1 aliphatic heterocycles. The molecule has 140 valence electrons. The van der Waals surface area contributed by atoms with Crippen molar-refractivity contribution in [3.8, 4) is 0 Å². The van der Waals surface area contributed by atoms with Gasteiger partial charge < -0.3 is 15.1 Å². The van der Waals surface area contributed by atoms with Gasteiger partial charge in [-0.05, 0) is 63.0 Å². The van der Waals surface area contributed by atoms with E-state index in [-0.39, 0.29) is 5.91 Å². The second-order valence-electron chi connectivity index (χ2n) is 7.16. The van der Waals surface area contributed by atoms with Crippen LogP contribution in [0.25, 0.3) is 0 Å². The molecule has 26 heavy (non-hydrogen) atoms. The first-order valence-corrected chi connectivity index (χ1v) is 10.1. The van der Waals surface area contributed by atoms with Gasteiger partial charge in [-0.2, -0.15) is 0 Å². The number of likely N-dealkylation sites (tertiary alicyclic amines) is 1. The average Bonchev–Trinajstić information content (AvgIpc) is 3.08. The zero-order valence-electron chi connectivity index (χ0n) is 15.8. The molecule has 0 aromatic carbocycles. The van der Waals surface area contributed by atoms with Crippen LogP contribution >= 0.6 is 11.3 Å². The maximum Gasteiger partial charge on any atom is 0.255 e. The molecule has 1 N–H and O–H groups in total. The van der Waals surface area contributed by atoms with Crippen molar-refractivity contribution in [2.45, 2.75) is 31.8 Å². The summed E-state index contributed by atoms with van der Waals surface area (Å²) >= 11 is 1.83.